The van der Waals surface area contributed by atoms with Gasteiger partial charge in [0.05, 0.1) is 0 Å². The third-order valence-electron chi connectivity index (χ3n) is 2.93. The topological polar surface area (TPSA) is 29.1 Å². The summed E-state index contributed by atoms with van der Waals surface area (Å²) in [6.07, 6.45) is 2.73. The lowest BCUT2D eigenvalue weighted by atomic mass is 10.0. The maximum Gasteiger partial charge on any atom is 0.142 e. The maximum atomic E-state index is 11.9. The summed E-state index contributed by atoms with van der Waals surface area (Å²) in [5.74, 6) is 0.668. The van der Waals surface area contributed by atoms with Crippen molar-refractivity contribution >= 4 is 17.1 Å². The molecule has 0 aliphatic carbocycles. The van der Waals surface area contributed by atoms with Gasteiger partial charge in [-0.1, -0.05) is 6.92 Å². The van der Waals surface area contributed by atoms with E-state index in [9.17, 15) is 4.79 Å². The van der Waals surface area contributed by atoms with Gasteiger partial charge in [0.1, 0.15) is 5.78 Å². The van der Waals surface area contributed by atoms with Crippen LogP contribution in [0.25, 0.3) is 0 Å². The van der Waals surface area contributed by atoms with Crippen LogP contribution in [0.5, 0.6) is 0 Å². The molecule has 0 bridgehead atoms. The molecule has 1 aromatic rings. The average Bonchev–Trinajstić information content (AvgIpc) is 2.87. The quantitative estimate of drug-likeness (QED) is 0.846. The zero-order valence-electron chi connectivity index (χ0n) is 9.08. The molecule has 1 aromatic heterocycles. The molecular weight excluding hydrogens is 206 g/mol. The number of rotatable bonds is 4. The van der Waals surface area contributed by atoms with Crippen LogP contribution in [-0.2, 0) is 17.6 Å². The molecule has 15 heavy (non-hydrogen) atoms. The Balaban J connectivity index is 1.92. The van der Waals surface area contributed by atoms with Gasteiger partial charge < -0.3 is 5.32 Å². The summed E-state index contributed by atoms with van der Waals surface area (Å²) >= 11 is 1.78. The van der Waals surface area contributed by atoms with E-state index in [4.69, 9.17) is 0 Å². The van der Waals surface area contributed by atoms with Crippen LogP contribution in [0.4, 0.5) is 0 Å². The molecule has 1 saturated heterocycles. The van der Waals surface area contributed by atoms with E-state index < -0.39 is 0 Å². The van der Waals surface area contributed by atoms with Gasteiger partial charge in [-0.3, -0.25) is 4.79 Å². The summed E-state index contributed by atoms with van der Waals surface area (Å²) in [5.41, 5.74) is 0. The van der Waals surface area contributed by atoms with Crippen LogP contribution in [0, 0.1) is 5.92 Å². The number of aryl methyl sites for hydroxylation is 1. The number of nitrogens with one attached hydrogen (secondary N) is 1. The third-order valence-corrected chi connectivity index (χ3v) is 4.16. The van der Waals surface area contributed by atoms with Gasteiger partial charge >= 0.3 is 0 Å². The van der Waals surface area contributed by atoms with Crippen LogP contribution in [0.1, 0.15) is 23.1 Å². The Hall–Kier alpha value is -0.670. The molecule has 0 radical (unpaired) electrons. The SMILES string of the molecule is CCc1ccc(CC(=O)C2CCNC2)s1. The van der Waals surface area contributed by atoms with E-state index in [2.05, 4.69) is 24.4 Å². The molecule has 82 valence electrons. The van der Waals surface area contributed by atoms with Gasteiger partial charge in [0.15, 0.2) is 0 Å². The largest absolute Gasteiger partial charge is 0.316 e. The van der Waals surface area contributed by atoms with Gasteiger partial charge in [0, 0.05) is 28.6 Å². The lowest BCUT2D eigenvalue weighted by Crippen LogP contribution is -2.19. The van der Waals surface area contributed by atoms with Gasteiger partial charge in [0.2, 0.25) is 0 Å². The number of hydrogen-bond acceptors (Lipinski definition) is 3. The van der Waals surface area contributed by atoms with E-state index in [1.54, 1.807) is 11.3 Å². The fraction of sp³-hybridized carbons (Fsp3) is 0.583. The Kier molecular flexibility index (Phi) is 3.54. The van der Waals surface area contributed by atoms with Crippen molar-refractivity contribution in [2.24, 2.45) is 5.92 Å². The number of carbonyl (C=O) groups is 1. The zero-order chi connectivity index (χ0) is 10.7. The minimum absolute atomic E-state index is 0.261. The van der Waals surface area contributed by atoms with Crippen LogP contribution >= 0.6 is 11.3 Å². The minimum Gasteiger partial charge on any atom is -0.316 e. The molecule has 0 saturated carbocycles. The fourth-order valence-electron chi connectivity index (χ4n) is 1.95. The predicted octanol–water partition coefficient (Wildman–Crippen LogP) is 2.03. The van der Waals surface area contributed by atoms with Crippen molar-refractivity contribution in [2.75, 3.05) is 13.1 Å². The molecule has 1 unspecified atom stereocenters. The Bertz CT molecular complexity index is 339. The third kappa shape index (κ3) is 2.67. The smallest absolute Gasteiger partial charge is 0.142 e. The zero-order valence-corrected chi connectivity index (χ0v) is 9.90. The first-order chi connectivity index (χ1) is 7.29. The van der Waals surface area contributed by atoms with Crippen molar-refractivity contribution in [2.45, 2.75) is 26.2 Å². The van der Waals surface area contributed by atoms with Crippen LogP contribution in [-0.4, -0.2) is 18.9 Å². The van der Waals surface area contributed by atoms with Crippen molar-refractivity contribution < 1.29 is 4.79 Å². The minimum atomic E-state index is 0.261. The molecule has 0 spiro atoms. The maximum absolute atomic E-state index is 11.9. The van der Waals surface area contributed by atoms with Gasteiger partial charge in [-0.05, 0) is 31.5 Å². The number of ketones is 1. The highest BCUT2D eigenvalue weighted by Crippen LogP contribution is 2.20. The number of thiophene rings is 1. The van der Waals surface area contributed by atoms with E-state index in [-0.39, 0.29) is 5.92 Å². The lowest BCUT2D eigenvalue weighted by Gasteiger charge is -2.04. The first-order valence-electron chi connectivity index (χ1n) is 5.60. The van der Waals surface area contributed by atoms with E-state index >= 15 is 0 Å². The van der Waals surface area contributed by atoms with E-state index in [0.29, 0.717) is 12.2 Å². The molecule has 0 aromatic carbocycles. The monoisotopic (exact) mass is 223 g/mol. The second-order valence-electron chi connectivity index (χ2n) is 4.05. The van der Waals surface area contributed by atoms with Crippen molar-refractivity contribution in [1.82, 2.24) is 5.32 Å². The van der Waals surface area contributed by atoms with Crippen LogP contribution in [0.2, 0.25) is 0 Å². The molecule has 1 aliphatic rings. The summed E-state index contributed by atoms with van der Waals surface area (Å²) in [6, 6.07) is 4.24. The second-order valence-corrected chi connectivity index (χ2v) is 5.31. The number of carbonyl (C=O) groups excluding carboxylic acids is 1. The molecule has 1 aliphatic heterocycles. The van der Waals surface area contributed by atoms with E-state index in [1.165, 1.54) is 9.75 Å². The Morgan fingerprint density at radius 2 is 2.33 bits per heavy atom. The van der Waals surface area contributed by atoms with Crippen LogP contribution in [0.3, 0.4) is 0 Å². The van der Waals surface area contributed by atoms with Crippen molar-refractivity contribution in [3.8, 4) is 0 Å². The molecule has 2 heterocycles. The molecular formula is C12H17NOS. The normalized spacial score (nSPS) is 20.7. The summed E-state index contributed by atoms with van der Waals surface area (Å²) < 4.78 is 0. The standard InChI is InChI=1S/C12H17NOS/c1-2-10-3-4-11(15-10)7-12(14)9-5-6-13-8-9/h3-4,9,13H,2,5-8H2,1H3. The van der Waals surface area contributed by atoms with Gasteiger partial charge in [-0.25, -0.2) is 0 Å². The van der Waals surface area contributed by atoms with E-state index in [0.717, 1.165) is 25.9 Å². The molecule has 2 rings (SSSR count). The molecule has 3 heteroatoms. The van der Waals surface area contributed by atoms with Crippen molar-refractivity contribution in [3.05, 3.63) is 21.9 Å². The molecule has 1 fully saturated rings. The Morgan fingerprint density at radius 3 is 2.93 bits per heavy atom. The van der Waals surface area contributed by atoms with E-state index in [1.807, 2.05) is 0 Å². The molecule has 0 amide bonds. The second kappa shape index (κ2) is 4.90. The summed E-state index contributed by atoms with van der Waals surface area (Å²) in [6.45, 7) is 4.03. The van der Waals surface area contributed by atoms with Crippen molar-refractivity contribution in [1.29, 1.82) is 0 Å². The molecule has 1 atom stereocenters. The highest BCUT2D eigenvalue weighted by Gasteiger charge is 2.22. The number of hydrogen-bond donors (Lipinski definition) is 1. The average molecular weight is 223 g/mol. The number of Topliss-reactive ketones (excluding diaryl/α,β-unsaturated/α-hetero) is 1. The molecule has 2 nitrogen and oxygen atoms in total. The van der Waals surface area contributed by atoms with Gasteiger partial charge in [-0.15, -0.1) is 11.3 Å². The first-order valence-corrected chi connectivity index (χ1v) is 6.42. The summed E-state index contributed by atoms with van der Waals surface area (Å²) in [5, 5.41) is 3.24. The molecule has 1 N–H and O–H groups in total. The summed E-state index contributed by atoms with van der Waals surface area (Å²) in [4.78, 5) is 14.5. The van der Waals surface area contributed by atoms with Gasteiger partial charge in [0.25, 0.3) is 0 Å². The Labute approximate surface area is 94.7 Å². The summed E-state index contributed by atoms with van der Waals surface area (Å²) in [7, 11) is 0. The van der Waals surface area contributed by atoms with Gasteiger partial charge in [-0.2, -0.15) is 0 Å². The van der Waals surface area contributed by atoms with Crippen molar-refractivity contribution in [3.63, 3.8) is 0 Å². The highest BCUT2D eigenvalue weighted by molar-refractivity contribution is 7.12. The first kappa shape index (κ1) is 10.8. The highest BCUT2D eigenvalue weighted by atomic mass is 32.1. The fourth-order valence-corrected chi connectivity index (χ4v) is 2.92. The predicted molar refractivity (Wildman–Crippen MR) is 63.4 cm³/mol. The lowest BCUT2D eigenvalue weighted by molar-refractivity contribution is -0.121. The van der Waals surface area contributed by atoms with Crippen LogP contribution in [0.15, 0.2) is 12.1 Å². The Morgan fingerprint density at radius 1 is 1.53 bits per heavy atom. The van der Waals surface area contributed by atoms with Crippen LogP contribution < -0.4 is 5.32 Å².